The van der Waals surface area contributed by atoms with E-state index in [2.05, 4.69) is 196 Å². The molecule has 0 saturated carbocycles. The first kappa shape index (κ1) is 30.4. The molecule has 0 radical (unpaired) electrons. The van der Waals surface area contributed by atoms with Crippen molar-refractivity contribution in [3.05, 3.63) is 186 Å². The van der Waals surface area contributed by atoms with Crippen molar-refractivity contribution in [2.24, 2.45) is 0 Å². The number of benzene rings is 7. The molecule has 242 valence electrons. The Morgan fingerprint density at radius 2 is 0.880 bits per heavy atom. The maximum Gasteiger partial charge on any atom is 0.0462 e. The molecule has 2 aliphatic carbocycles. The van der Waals surface area contributed by atoms with Crippen LogP contribution in [-0.4, -0.2) is 0 Å². The van der Waals surface area contributed by atoms with Gasteiger partial charge in [-0.3, -0.25) is 0 Å². The van der Waals surface area contributed by atoms with Crippen molar-refractivity contribution in [1.29, 1.82) is 0 Å². The van der Waals surface area contributed by atoms with Gasteiger partial charge in [0.15, 0.2) is 0 Å². The Bertz CT molecular complexity index is 2350. The molecule has 0 bridgehead atoms. The normalized spacial score (nSPS) is 16.6. The molecular weight excluding hydrogens is 603 g/mol. The predicted molar refractivity (Wildman–Crippen MR) is 212 cm³/mol. The van der Waals surface area contributed by atoms with Gasteiger partial charge >= 0.3 is 0 Å². The third-order valence-corrected chi connectivity index (χ3v) is 11.5. The van der Waals surface area contributed by atoms with Gasteiger partial charge in [-0.2, -0.15) is 0 Å². The van der Waals surface area contributed by atoms with Crippen molar-refractivity contribution in [3.63, 3.8) is 0 Å². The van der Waals surface area contributed by atoms with E-state index in [0.29, 0.717) is 11.8 Å². The lowest BCUT2D eigenvalue weighted by molar-refractivity contribution is 0.610. The minimum Gasteiger partial charge on any atom is -0.311 e. The van der Waals surface area contributed by atoms with E-state index >= 15 is 0 Å². The zero-order chi connectivity index (χ0) is 34.0. The molecule has 50 heavy (non-hydrogen) atoms. The Hall–Kier alpha value is -5.66. The smallest absolute Gasteiger partial charge is 0.0462 e. The molecule has 0 heterocycles. The average molecular weight is 644 g/mol. The van der Waals surface area contributed by atoms with Crippen molar-refractivity contribution >= 4 is 17.1 Å². The van der Waals surface area contributed by atoms with Crippen LogP contribution in [0.15, 0.2) is 164 Å². The van der Waals surface area contributed by atoms with E-state index in [4.69, 9.17) is 0 Å². The number of para-hydroxylation sites is 1. The summed E-state index contributed by atoms with van der Waals surface area (Å²) in [4.78, 5) is 2.34. The molecule has 2 atom stereocenters. The molecule has 7 aromatic rings. The van der Waals surface area contributed by atoms with Crippen LogP contribution >= 0.6 is 0 Å². The van der Waals surface area contributed by atoms with E-state index in [9.17, 15) is 0 Å². The lowest BCUT2D eigenvalue weighted by atomic mass is 9.70. The highest BCUT2D eigenvalue weighted by Crippen LogP contribution is 2.55. The summed E-state index contributed by atoms with van der Waals surface area (Å²) in [7, 11) is 0. The summed E-state index contributed by atoms with van der Waals surface area (Å²) >= 11 is 0. The second-order valence-corrected chi connectivity index (χ2v) is 14.7. The molecule has 0 N–H and O–H groups in total. The second kappa shape index (κ2) is 11.7. The van der Waals surface area contributed by atoms with Gasteiger partial charge in [0.2, 0.25) is 0 Å². The fourth-order valence-corrected chi connectivity index (χ4v) is 8.54. The van der Waals surface area contributed by atoms with Crippen LogP contribution < -0.4 is 4.90 Å². The molecule has 0 spiro atoms. The van der Waals surface area contributed by atoms with E-state index in [1.54, 1.807) is 0 Å². The number of fused-ring (bicyclic) bond motifs is 6. The van der Waals surface area contributed by atoms with Crippen molar-refractivity contribution in [2.75, 3.05) is 4.90 Å². The van der Waals surface area contributed by atoms with Crippen LogP contribution in [0.3, 0.4) is 0 Å². The highest BCUT2D eigenvalue weighted by atomic mass is 15.1. The monoisotopic (exact) mass is 643 g/mol. The largest absolute Gasteiger partial charge is 0.311 e. The summed E-state index contributed by atoms with van der Waals surface area (Å²) < 4.78 is 0. The summed E-state index contributed by atoms with van der Waals surface area (Å²) in [5.41, 5.74) is 19.7. The van der Waals surface area contributed by atoms with Gasteiger partial charge in [-0.1, -0.05) is 143 Å². The molecule has 0 saturated heterocycles. The number of hydrogen-bond acceptors (Lipinski definition) is 1. The summed E-state index contributed by atoms with van der Waals surface area (Å²) in [6.07, 6.45) is 0. The Morgan fingerprint density at radius 1 is 0.380 bits per heavy atom. The van der Waals surface area contributed by atoms with Gasteiger partial charge in [0.05, 0.1) is 0 Å². The molecule has 2 aliphatic rings. The minimum absolute atomic E-state index is 0.00531. The average Bonchev–Trinajstić information content (AvgIpc) is 3.40. The molecule has 0 fully saturated rings. The van der Waals surface area contributed by atoms with Gasteiger partial charge in [-0.25, -0.2) is 0 Å². The van der Waals surface area contributed by atoms with Gasteiger partial charge in [0.1, 0.15) is 0 Å². The number of hydrogen-bond donors (Lipinski definition) is 0. The van der Waals surface area contributed by atoms with Crippen LogP contribution in [0, 0.1) is 0 Å². The maximum atomic E-state index is 2.54. The third kappa shape index (κ3) is 4.83. The Kier molecular flexibility index (Phi) is 7.14. The van der Waals surface area contributed by atoms with E-state index in [1.807, 2.05) is 0 Å². The van der Waals surface area contributed by atoms with Gasteiger partial charge < -0.3 is 4.90 Å². The van der Waals surface area contributed by atoms with Gasteiger partial charge in [-0.15, -0.1) is 0 Å². The summed E-state index contributed by atoms with van der Waals surface area (Å²) in [5, 5.41) is 0. The molecule has 9 rings (SSSR count). The molecule has 2 unspecified atom stereocenters. The first-order chi connectivity index (χ1) is 24.4. The molecule has 7 aromatic carbocycles. The highest BCUT2D eigenvalue weighted by Gasteiger charge is 2.38. The SMILES string of the molecule is CC1c2ccc(-c3ccc(N(c4ccccc4)c4ccc(-c5ccccc5)cc4)cc3)cc2-c2cc3c(cc2C1C)C(C)(C)c1ccccc1-3. The second-order valence-electron chi connectivity index (χ2n) is 14.7. The highest BCUT2D eigenvalue weighted by molar-refractivity contribution is 5.89. The molecule has 0 aromatic heterocycles. The molecule has 1 nitrogen and oxygen atoms in total. The Morgan fingerprint density at radius 3 is 1.56 bits per heavy atom. The lowest BCUT2D eigenvalue weighted by Gasteiger charge is -2.33. The number of anilines is 3. The summed E-state index contributed by atoms with van der Waals surface area (Å²) in [5.74, 6) is 0.907. The first-order valence-electron chi connectivity index (χ1n) is 17.9. The molecule has 0 amide bonds. The molecular formula is C49H41N. The van der Waals surface area contributed by atoms with Crippen LogP contribution in [0.1, 0.15) is 61.8 Å². The van der Waals surface area contributed by atoms with E-state index in [-0.39, 0.29) is 5.41 Å². The molecule has 0 aliphatic heterocycles. The maximum absolute atomic E-state index is 2.54. The quantitative estimate of drug-likeness (QED) is 0.180. The minimum atomic E-state index is 0.00531. The zero-order valence-corrected chi connectivity index (χ0v) is 29.2. The van der Waals surface area contributed by atoms with Crippen molar-refractivity contribution in [2.45, 2.75) is 44.9 Å². The van der Waals surface area contributed by atoms with Crippen molar-refractivity contribution < 1.29 is 0 Å². The van der Waals surface area contributed by atoms with Crippen LogP contribution in [0.25, 0.3) is 44.5 Å². The van der Waals surface area contributed by atoms with E-state index in [0.717, 1.165) is 17.1 Å². The predicted octanol–water partition coefficient (Wildman–Crippen LogP) is 13.7. The Balaban J connectivity index is 1.10. The Labute approximate surface area is 296 Å². The summed E-state index contributed by atoms with van der Waals surface area (Å²) in [6, 6.07) is 60.4. The number of nitrogens with zero attached hydrogens (tertiary/aromatic N) is 1. The topological polar surface area (TPSA) is 3.24 Å². The molecule has 1 heteroatoms. The summed E-state index contributed by atoms with van der Waals surface area (Å²) in [6.45, 7) is 9.58. The van der Waals surface area contributed by atoms with Crippen LogP contribution in [0.4, 0.5) is 17.1 Å². The lowest BCUT2D eigenvalue weighted by Crippen LogP contribution is -2.18. The standard InChI is InChI=1S/C49H41N/c1-32-33(2)43-31-48-46(42-17-11-12-18-47(42)49(48,3)4)30-45(43)44-29-37(23-28-41(32)44)36-21-26-40(27-22-36)50(38-15-9-6-10-16-38)39-24-19-35(20-25-39)34-13-7-5-8-14-34/h5-33H,1-4H3. The van der Waals surface area contributed by atoms with Crippen LogP contribution in [0.5, 0.6) is 0 Å². The van der Waals surface area contributed by atoms with Gasteiger partial charge in [-0.05, 0) is 127 Å². The third-order valence-electron chi connectivity index (χ3n) is 11.5. The van der Waals surface area contributed by atoms with Gasteiger partial charge in [0, 0.05) is 22.5 Å². The van der Waals surface area contributed by atoms with E-state index in [1.165, 1.54) is 66.8 Å². The van der Waals surface area contributed by atoms with Crippen LogP contribution in [0.2, 0.25) is 0 Å². The fourth-order valence-electron chi connectivity index (χ4n) is 8.54. The number of rotatable bonds is 5. The van der Waals surface area contributed by atoms with Crippen molar-refractivity contribution in [3.8, 4) is 44.5 Å². The zero-order valence-electron chi connectivity index (χ0n) is 29.2. The first-order valence-corrected chi connectivity index (χ1v) is 17.9. The van der Waals surface area contributed by atoms with Gasteiger partial charge in [0.25, 0.3) is 0 Å². The van der Waals surface area contributed by atoms with Crippen molar-refractivity contribution in [1.82, 2.24) is 0 Å². The van der Waals surface area contributed by atoms with E-state index < -0.39 is 0 Å². The fraction of sp³-hybridized carbons (Fsp3) is 0.143. The van der Waals surface area contributed by atoms with Crippen LogP contribution in [-0.2, 0) is 5.41 Å².